The molecule has 0 bridgehead atoms. The Morgan fingerprint density at radius 3 is 2.68 bits per heavy atom. The Labute approximate surface area is 198 Å². The lowest BCUT2D eigenvalue weighted by atomic mass is 10.1. The number of likely N-dealkylation sites (tertiary alicyclic amines) is 1. The van der Waals surface area contributed by atoms with Crippen LogP contribution in [0.4, 0.5) is 17.6 Å². The molecular weight excluding hydrogens is 432 g/mol. The highest BCUT2D eigenvalue weighted by Gasteiger charge is 2.35. The number of aromatic nitrogens is 3. The standard InChI is InChI=1S/C25H28N6O3/c1-2-18-10-6-7-11-20(18)27-25-29-21(28-24(26)30-25)16-34-23(33)19-14-22(32)31(15-19)13-12-17-8-4-3-5-9-17/h3-11,19H,2,12-16H2,1H3,(H3,26,27,28,29,30). The van der Waals surface area contributed by atoms with Gasteiger partial charge in [-0.05, 0) is 30.0 Å². The van der Waals surface area contributed by atoms with Crippen LogP contribution in [0.5, 0.6) is 0 Å². The molecule has 2 heterocycles. The van der Waals surface area contributed by atoms with E-state index in [0.717, 1.165) is 29.7 Å². The number of carbonyl (C=O) groups is 2. The van der Waals surface area contributed by atoms with Crippen molar-refractivity contribution >= 4 is 29.5 Å². The summed E-state index contributed by atoms with van der Waals surface area (Å²) in [5.74, 6) is -0.439. The number of benzene rings is 2. The van der Waals surface area contributed by atoms with Crippen molar-refractivity contribution in [3.8, 4) is 0 Å². The van der Waals surface area contributed by atoms with Crippen LogP contribution in [0, 0.1) is 5.92 Å². The molecule has 1 aliphatic rings. The number of nitrogen functional groups attached to an aromatic ring is 1. The second kappa shape index (κ2) is 10.7. The molecule has 1 aliphatic heterocycles. The zero-order valence-corrected chi connectivity index (χ0v) is 19.1. The van der Waals surface area contributed by atoms with Crippen molar-refractivity contribution in [3.05, 3.63) is 71.5 Å². The third kappa shape index (κ3) is 5.86. The third-order valence-corrected chi connectivity index (χ3v) is 5.75. The number of esters is 1. The third-order valence-electron chi connectivity index (χ3n) is 5.75. The monoisotopic (exact) mass is 460 g/mol. The summed E-state index contributed by atoms with van der Waals surface area (Å²) in [6, 6.07) is 17.8. The number of amides is 1. The highest BCUT2D eigenvalue weighted by atomic mass is 16.5. The van der Waals surface area contributed by atoms with Crippen molar-refractivity contribution in [2.24, 2.45) is 5.92 Å². The van der Waals surface area contributed by atoms with Gasteiger partial charge in [-0.1, -0.05) is 55.5 Å². The fourth-order valence-electron chi connectivity index (χ4n) is 3.94. The van der Waals surface area contributed by atoms with Crippen molar-refractivity contribution in [3.63, 3.8) is 0 Å². The smallest absolute Gasteiger partial charge is 0.311 e. The number of aryl methyl sites for hydroxylation is 1. The first kappa shape index (κ1) is 23.2. The molecule has 1 aromatic heterocycles. The Balaban J connectivity index is 1.32. The second-order valence-corrected chi connectivity index (χ2v) is 8.15. The van der Waals surface area contributed by atoms with Crippen molar-refractivity contribution in [1.82, 2.24) is 19.9 Å². The van der Waals surface area contributed by atoms with Gasteiger partial charge in [-0.15, -0.1) is 0 Å². The predicted octanol–water partition coefficient (Wildman–Crippen LogP) is 2.89. The zero-order chi connectivity index (χ0) is 23.9. The Morgan fingerprint density at radius 1 is 1.12 bits per heavy atom. The summed E-state index contributed by atoms with van der Waals surface area (Å²) in [4.78, 5) is 39.2. The van der Waals surface area contributed by atoms with Gasteiger partial charge in [0.15, 0.2) is 12.4 Å². The minimum absolute atomic E-state index is 0.0284. The van der Waals surface area contributed by atoms with Crippen LogP contribution in [0.2, 0.25) is 0 Å². The van der Waals surface area contributed by atoms with Crippen LogP contribution in [0.1, 0.15) is 30.3 Å². The number of anilines is 3. The molecule has 1 amide bonds. The number of nitrogens with zero attached hydrogens (tertiary/aromatic N) is 4. The van der Waals surface area contributed by atoms with Crippen molar-refractivity contribution in [1.29, 1.82) is 0 Å². The lowest BCUT2D eigenvalue weighted by Crippen LogP contribution is -2.29. The van der Waals surface area contributed by atoms with Gasteiger partial charge < -0.3 is 20.7 Å². The Hall–Kier alpha value is -4.01. The van der Waals surface area contributed by atoms with Crippen LogP contribution >= 0.6 is 0 Å². The summed E-state index contributed by atoms with van der Waals surface area (Å²) < 4.78 is 5.42. The van der Waals surface area contributed by atoms with Gasteiger partial charge >= 0.3 is 5.97 Å². The molecule has 176 valence electrons. The van der Waals surface area contributed by atoms with Crippen molar-refractivity contribution in [2.75, 3.05) is 24.1 Å². The fourth-order valence-corrected chi connectivity index (χ4v) is 3.94. The van der Waals surface area contributed by atoms with E-state index < -0.39 is 11.9 Å². The number of carbonyl (C=O) groups excluding carboxylic acids is 2. The molecule has 0 aliphatic carbocycles. The van der Waals surface area contributed by atoms with E-state index in [1.165, 1.54) is 0 Å². The molecule has 9 heteroatoms. The van der Waals surface area contributed by atoms with Crippen LogP contribution in [0.15, 0.2) is 54.6 Å². The number of rotatable bonds is 9. The molecule has 0 radical (unpaired) electrons. The minimum atomic E-state index is -0.503. The van der Waals surface area contributed by atoms with Gasteiger partial charge in [0, 0.05) is 25.2 Å². The molecule has 3 aromatic rings. The summed E-state index contributed by atoms with van der Waals surface area (Å²) in [7, 11) is 0. The van der Waals surface area contributed by atoms with Crippen molar-refractivity contribution < 1.29 is 14.3 Å². The highest BCUT2D eigenvalue weighted by Crippen LogP contribution is 2.21. The molecule has 0 spiro atoms. The van der Waals surface area contributed by atoms with Crippen molar-refractivity contribution in [2.45, 2.75) is 32.8 Å². The summed E-state index contributed by atoms with van der Waals surface area (Å²) in [6.07, 6.45) is 1.74. The van der Waals surface area contributed by atoms with E-state index in [0.29, 0.717) is 13.1 Å². The minimum Gasteiger partial charge on any atom is -0.457 e. The highest BCUT2D eigenvalue weighted by molar-refractivity contribution is 5.86. The first-order valence-electron chi connectivity index (χ1n) is 11.4. The number of para-hydroxylation sites is 1. The van der Waals surface area contributed by atoms with Gasteiger partial charge in [0.05, 0.1) is 5.92 Å². The Morgan fingerprint density at radius 2 is 1.88 bits per heavy atom. The molecule has 0 saturated carbocycles. The Bertz CT molecular complexity index is 1150. The summed E-state index contributed by atoms with van der Waals surface area (Å²) in [6.45, 7) is 2.84. The Kier molecular flexibility index (Phi) is 7.31. The fraction of sp³-hybridized carbons (Fsp3) is 0.320. The first-order chi connectivity index (χ1) is 16.5. The van der Waals surface area contributed by atoms with Gasteiger partial charge in [0.2, 0.25) is 17.8 Å². The van der Waals surface area contributed by atoms with Crippen LogP contribution in [0.3, 0.4) is 0 Å². The maximum atomic E-state index is 12.6. The van der Waals surface area contributed by atoms with Crippen LogP contribution in [-0.2, 0) is 33.8 Å². The maximum absolute atomic E-state index is 12.6. The molecular formula is C25H28N6O3. The number of nitrogens with one attached hydrogen (secondary N) is 1. The van der Waals surface area contributed by atoms with Crippen LogP contribution < -0.4 is 11.1 Å². The molecule has 9 nitrogen and oxygen atoms in total. The number of hydrogen-bond donors (Lipinski definition) is 2. The van der Waals surface area contributed by atoms with Gasteiger partial charge in [0.25, 0.3) is 0 Å². The lowest BCUT2D eigenvalue weighted by Gasteiger charge is -2.16. The summed E-state index contributed by atoms with van der Waals surface area (Å²) >= 11 is 0. The van der Waals surface area contributed by atoms with Crippen LogP contribution in [-0.4, -0.2) is 44.8 Å². The maximum Gasteiger partial charge on any atom is 0.311 e. The van der Waals surface area contributed by atoms with Crippen LogP contribution in [0.25, 0.3) is 0 Å². The van der Waals surface area contributed by atoms with E-state index in [9.17, 15) is 9.59 Å². The predicted molar refractivity (Wildman–Crippen MR) is 128 cm³/mol. The average molecular weight is 461 g/mol. The molecule has 1 fully saturated rings. The molecule has 34 heavy (non-hydrogen) atoms. The number of ether oxygens (including phenoxy) is 1. The average Bonchev–Trinajstić information content (AvgIpc) is 3.22. The lowest BCUT2D eigenvalue weighted by molar-refractivity contribution is -0.150. The largest absolute Gasteiger partial charge is 0.457 e. The van der Waals surface area contributed by atoms with E-state index in [4.69, 9.17) is 10.5 Å². The topological polar surface area (TPSA) is 123 Å². The first-order valence-corrected chi connectivity index (χ1v) is 11.4. The molecule has 4 rings (SSSR count). The quantitative estimate of drug-likeness (QED) is 0.467. The summed E-state index contributed by atoms with van der Waals surface area (Å²) in [5, 5.41) is 3.15. The van der Waals surface area contributed by atoms with E-state index in [1.807, 2.05) is 54.6 Å². The summed E-state index contributed by atoms with van der Waals surface area (Å²) in [5.41, 5.74) is 8.97. The van der Waals surface area contributed by atoms with Gasteiger partial charge in [-0.25, -0.2) is 0 Å². The van der Waals surface area contributed by atoms with Gasteiger partial charge in [-0.2, -0.15) is 15.0 Å². The molecule has 1 atom stereocenters. The molecule has 1 saturated heterocycles. The molecule has 1 unspecified atom stereocenters. The van der Waals surface area contributed by atoms with E-state index in [1.54, 1.807) is 4.90 Å². The number of nitrogens with two attached hydrogens (primary N) is 1. The van der Waals surface area contributed by atoms with Gasteiger partial charge in [-0.3, -0.25) is 9.59 Å². The molecule has 3 N–H and O–H groups in total. The van der Waals surface area contributed by atoms with Gasteiger partial charge in [0.1, 0.15) is 0 Å². The number of hydrogen-bond acceptors (Lipinski definition) is 8. The van der Waals surface area contributed by atoms with E-state index in [-0.39, 0.29) is 36.7 Å². The normalized spacial score (nSPS) is 15.4. The second-order valence-electron chi connectivity index (χ2n) is 8.15. The molecule has 2 aromatic carbocycles. The SMILES string of the molecule is CCc1ccccc1Nc1nc(N)nc(COC(=O)C2CC(=O)N(CCc3ccccc3)C2)n1. The van der Waals surface area contributed by atoms with E-state index >= 15 is 0 Å². The van der Waals surface area contributed by atoms with E-state index in [2.05, 4.69) is 27.2 Å². The zero-order valence-electron chi connectivity index (χ0n) is 19.1.